The summed E-state index contributed by atoms with van der Waals surface area (Å²) in [5.74, 6) is 0.0537. The Morgan fingerprint density at radius 3 is 2.92 bits per heavy atom. The van der Waals surface area contributed by atoms with Crippen LogP contribution in [-0.4, -0.2) is 59.0 Å². The minimum absolute atomic E-state index is 0.0373. The third-order valence-electron chi connectivity index (χ3n) is 4.16. The third-order valence-corrected chi connectivity index (χ3v) is 4.16. The summed E-state index contributed by atoms with van der Waals surface area (Å²) < 4.78 is 5.56. The van der Waals surface area contributed by atoms with Crippen LogP contribution in [0, 0.1) is 0 Å². The summed E-state index contributed by atoms with van der Waals surface area (Å²) in [7, 11) is 4.03. The first-order valence-corrected chi connectivity index (χ1v) is 8.70. The molecule has 0 spiro atoms. The molecule has 1 amide bonds. The fraction of sp³-hybridized carbons (Fsp3) is 0.444. The normalized spacial score (nSPS) is 13.6. The first-order valence-electron chi connectivity index (χ1n) is 8.70. The van der Waals surface area contributed by atoms with E-state index in [2.05, 4.69) is 25.4 Å². The van der Waals surface area contributed by atoms with Gasteiger partial charge in [0.05, 0.1) is 24.1 Å². The first-order chi connectivity index (χ1) is 12.5. The van der Waals surface area contributed by atoms with E-state index in [-0.39, 0.29) is 11.5 Å². The largest absolute Gasteiger partial charge is 0.478 e. The predicted octanol–water partition coefficient (Wildman–Crippen LogP) is 1.91. The number of rotatable bonds is 7. The Balaban J connectivity index is 1.58. The number of ketones is 1. The van der Waals surface area contributed by atoms with Crippen LogP contribution in [-0.2, 0) is 6.42 Å². The van der Waals surface area contributed by atoms with Crippen molar-refractivity contribution in [2.24, 2.45) is 0 Å². The number of carbonyl (C=O) groups excluding carboxylic acids is 2. The highest BCUT2D eigenvalue weighted by atomic mass is 16.5. The van der Waals surface area contributed by atoms with E-state index in [0.29, 0.717) is 30.2 Å². The molecule has 0 unspecified atom stereocenters. The molecule has 0 atom stereocenters. The van der Waals surface area contributed by atoms with Crippen molar-refractivity contribution in [3.05, 3.63) is 35.3 Å². The highest BCUT2D eigenvalue weighted by molar-refractivity contribution is 6.12. The molecule has 2 heterocycles. The highest BCUT2D eigenvalue weighted by Crippen LogP contribution is 2.23. The van der Waals surface area contributed by atoms with Crippen molar-refractivity contribution in [3.63, 3.8) is 0 Å². The quantitative estimate of drug-likeness (QED) is 0.734. The molecule has 1 aliphatic rings. The lowest BCUT2D eigenvalue weighted by atomic mass is 9.94. The molecule has 0 aliphatic heterocycles. The molecule has 0 saturated carbocycles. The van der Waals surface area contributed by atoms with Gasteiger partial charge in [-0.15, -0.1) is 0 Å². The van der Waals surface area contributed by atoms with Crippen LogP contribution in [0.1, 0.15) is 45.8 Å². The maximum absolute atomic E-state index is 12.4. The molecule has 0 fully saturated rings. The SMILES string of the molecule is CN(C)CCCOc1ccc(NC(=O)c2n[nH]c3c2C(=O)CCC3)cn1. The summed E-state index contributed by atoms with van der Waals surface area (Å²) in [5, 5.41) is 9.54. The number of H-pyrrole nitrogens is 1. The molecular formula is C18H23N5O3. The van der Waals surface area contributed by atoms with Gasteiger partial charge in [0.1, 0.15) is 0 Å². The van der Waals surface area contributed by atoms with Crippen molar-refractivity contribution < 1.29 is 14.3 Å². The number of nitrogens with zero attached hydrogens (tertiary/aromatic N) is 3. The molecule has 0 saturated heterocycles. The van der Waals surface area contributed by atoms with Crippen molar-refractivity contribution >= 4 is 17.4 Å². The van der Waals surface area contributed by atoms with Gasteiger partial charge in [-0.05, 0) is 39.4 Å². The Kier molecular flexibility index (Phi) is 5.62. The smallest absolute Gasteiger partial charge is 0.276 e. The first kappa shape index (κ1) is 18.1. The van der Waals surface area contributed by atoms with E-state index in [4.69, 9.17) is 4.74 Å². The summed E-state index contributed by atoms with van der Waals surface area (Å²) in [6, 6.07) is 3.42. The van der Waals surface area contributed by atoms with E-state index in [1.165, 1.54) is 6.20 Å². The number of carbonyl (C=O) groups is 2. The van der Waals surface area contributed by atoms with E-state index in [1.54, 1.807) is 12.1 Å². The van der Waals surface area contributed by atoms with E-state index < -0.39 is 5.91 Å². The Labute approximate surface area is 151 Å². The molecule has 8 nitrogen and oxygen atoms in total. The number of hydrogen-bond donors (Lipinski definition) is 2. The average molecular weight is 357 g/mol. The second-order valence-electron chi connectivity index (χ2n) is 6.55. The van der Waals surface area contributed by atoms with Crippen LogP contribution in [0.4, 0.5) is 5.69 Å². The maximum Gasteiger partial charge on any atom is 0.276 e. The van der Waals surface area contributed by atoms with E-state index >= 15 is 0 Å². The summed E-state index contributed by atoms with van der Waals surface area (Å²) in [4.78, 5) is 30.8. The lowest BCUT2D eigenvalue weighted by Crippen LogP contribution is -2.18. The lowest BCUT2D eigenvalue weighted by Gasteiger charge is -2.11. The number of fused-ring (bicyclic) bond motifs is 1. The van der Waals surface area contributed by atoms with Gasteiger partial charge in [0.15, 0.2) is 11.5 Å². The molecule has 138 valence electrons. The van der Waals surface area contributed by atoms with E-state index in [0.717, 1.165) is 31.5 Å². The number of amides is 1. The molecule has 0 aromatic carbocycles. The lowest BCUT2D eigenvalue weighted by molar-refractivity contribution is 0.0955. The number of aryl methyl sites for hydroxylation is 1. The van der Waals surface area contributed by atoms with Crippen LogP contribution in [0.2, 0.25) is 0 Å². The Bertz CT molecular complexity index is 783. The monoisotopic (exact) mass is 357 g/mol. The number of hydrogen-bond acceptors (Lipinski definition) is 6. The number of ether oxygens (including phenoxy) is 1. The summed E-state index contributed by atoms with van der Waals surface area (Å²) >= 11 is 0. The fourth-order valence-electron chi connectivity index (χ4n) is 2.86. The van der Waals surface area contributed by atoms with Gasteiger partial charge >= 0.3 is 0 Å². The number of aromatic amines is 1. The Hall–Kier alpha value is -2.74. The summed E-state index contributed by atoms with van der Waals surface area (Å²) in [6.07, 6.45) is 4.41. The topological polar surface area (TPSA) is 100 Å². The zero-order chi connectivity index (χ0) is 18.5. The van der Waals surface area contributed by atoms with Crippen LogP contribution >= 0.6 is 0 Å². The molecule has 2 aromatic heterocycles. The van der Waals surface area contributed by atoms with Crippen molar-refractivity contribution in [3.8, 4) is 5.88 Å². The second-order valence-corrected chi connectivity index (χ2v) is 6.55. The third kappa shape index (κ3) is 4.26. The number of aromatic nitrogens is 3. The predicted molar refractivity (Wildman–Crippen MR) is 96.7 cm³/mol. The number of pyridine rings is 1. The molecule has 0 radical (unpaired) electrons. The maximum atomic E-state index is 12.4. The fourth-order valence-corrected chi connectivity index (χ4v) is 2.86. The van der Waals surface area contributed by atoms with Crippen molar-refractivity contribution in [1.29, 1.82) is 0 Å². The minimum Gasteiger partial charge on any atom is -0.478 e. The van der Waals surface area contributed by atoms with Gasteiger partial charge in [-0.2, -0.15) is 5.10 Å². The van der Waals surface area contributed by atoms with Gasteiger partial charge in [-0.3, -0.25) is 14.7 Å². The van der Waals surface area contributed by atoms with Gasteiger partial charge in [0.2, 0.25) is 5.88 Å². The Morgan fingerprint density at radius 2 is 2.19 bits per heavy atom. The van der Waals surface area contributed by atoms with Gasteiger partial charge in [-0.25, -0.2) is 4.98 Å². The van der Waals surface area contributed by atoms with Crippen LogP contribution in [0.25, 0.3) is 0 Å². The van der Waals surface area contributed by atoms with Crippen molar-refractivity contribution in [1.82, 2.24) is 20.1 Å². The van der Waals surface area contributed by atoms with Crippen LogP contribution in [0.5, 0.6) is 5.88 Å². The molecule has 8 heteroatoms. The van der Waals surface area contributed by atoms with Crippen LogP contribution in [0.15, 0.2) is 18.3 Å². The van der Waals surface area contributed by atoms with Gasteiger partial charge in [0, 0.05) is 24.7 Å². The minimum atomic E-state index is -0.417. The van der Waals surface area contributed by atoms with Crippen molar-refractivity contribution in [2.45, 2.75) is 25.7 Å². The molecule has 3 rings (SSSR count). The van der Waals surface area contributed by atoms with E-state index in [1.807, 2.05) is 14.1 Å². The highest BCUT2D eigenvalue weighted by Gasteiger charge is 2.27. The zero-order valence-corrected chi connectivity index (χ0v) is 15.0. The van der Waals surface area contributed by atoms with Gasteiger partial charge < -0.3 is 15.0 Å². The average Bonchev–Trinajstić information content (AvgIpc) is 3.05. The molecule has 2 aromatic rings. The summed E-state index contributed by atoms with van der Waals surface area (Å²) in [6.45, 7) is 1.53. The van der Waals surface area contributed by atoms with Crippen LogP contribution in [0.3, 0.4) is 0 Å². The van der Waals surface area contributed by atoms with Gasteiger partial charge in [-0.1, -0.05) is 0 Å². The molecule has 26 heavy (non-hydrogen) atoms. The second kappa shape index (κ2) is 8.09. The molecule has 2 N–H and O–H groups in total. The van der Waals surface area contributed by atoms with Crippen molar-refractivity contribution in [2.75, 3.05) is 32.6 Å². The number of nitrogens with one attached hydrogen (secondary N) is 2. The van der Waals surface area contributed by atoms with Gasteiger partial charge in [0.25, 0.3) is 5.91 Å². The number of Topliss-reactive ketones (excluding diaryl/α,β-unsaturated/α-hetero) is 1. The van der Waals surface area contributed by atoms with E-state index in [9.17, 15) is 9.59 Å². The van der Waals surface area contributed by atoms with Crippen LogP contribution < -0.4 is 10.1 Å². The molecule has 1 aliphatic carbocycles. The number of anilines is 1. The summed E-state index contributed by atoms with van der Waals surface area (Å²) in [5.41, 5.74) is 1.83. The molecule has 0 bridgehead atoms. The zero-order valence-electron chi connectivity index (χ0n) is 15.0. The standard InChI is InChI=1S/C18H23N5O3/c1-23(2)9-4-10-26-15-8-7-12(11-19-15)20-18(25)17-16-13(21-22-17)5-3-6-14(16)24/h7-8,11H,3-6,9-10H2,1-2H3,(H,20,25)(H,21,22). The molecular weight excluding hydrogens is 334 g/mol. The Morgan fingerprint density at radius 1 is 1.35 bits per heavy atom.